The van der Waals surface area contributed by atoms with E-state index in [0.29, 0.717) is 19.8 Å². The fourth-order valence-electron chi connectivity index (χ4n) is 1.95. The van der Waals surface area contributed by atoms with Crippen LogP contribution in [-0.4, -0.2) is 13.7 Å². The molecule has 0 saturated carbocycles. The Morgan fingerprint density at radius 1 is 0.905 bits per heavy atom. The summed E-state index contributed by atoms with van der Waals surface area (Å²) in [6.07, 6.45) is 0. The SMILES string of the molecule is CCOc1cc(CN)ccc1OCc1ccc(OC)cc1. The Bertz CT molecular complexity index is 567. The fraction of sp³-hybridized carbons (Fsp3) is 0.294. The second-order valence-corrected chi connectivity index (χ2v) is 4.55. The summed E-state index contributed by atoms with van der Waals surface area (Å²) in [4.78, 5) is 0. The summed E-state index contributed by atoms with van der Waals surface area (Å²) in [6, 6.07) is 13.6. The molecule has 0 saturated heterocycles. The molecule has 0 bridgehead atoms. The summed E-state index contributed by atoms with van der Waals surface area (Å²) in [5.41, 5.74) is 7.74. The van der Waals surface area contributed by atoms with Crippen molar-refractivity contribution in [2.24, 2.45) is 5.73 Å². The molecule has 0 aromatic heterocycles. The fourth-order valence-corrected chi connectivity index (χ4v) is 1.95. The molecule has 21 heavy (non-hydrogen) atoms. The first-order chi connectivity index (χ1) is 10.3. The zero-order valence-corrected chi connectivity index (χ0v) is 12.5. The second-order valence-electron chi connectivity index (χ2n) is 4.55. The third-order valence-electron chi connectivity index (χ3n) is 3.10. The monoisotopic (exact) mass is 287 g/mol. The molecule has 0 fully saturated rings. The summed E-state index contributed by atoms with van der Waals surface area (Å²) in [7, 11) is 1.65. The minimum atomic E-state index is 0.478. The minimum absolute atomic E-state index is 0.478. The Morgan fingerprint density at radius 2 is 1.62 bits per heavy atom. The first-order valence-corrected chi connectivity index (χ1v) is 6.98. The highest BCUT2D eigenvalue weighted by Crippen LogP contribution is 2.29. The Kier molecular flexibility index (Phi) is 5.46. The van der Waals surface area contributed by atoms with Crippen molar-refractivity contribution in [1.82, 2.24) is 0 Å². The molecule has 0 heterocycles. The van der Waals surface area contributed by atoms with Crippen LogP contribution in [0.1, 0.15) is 18.1 Å². The standard InChI is InChI=1S/C17H21NO3/c1-3-20-17-10-14(11-18)6-9-16(17)21-12-13-4-7-15(19-2)8-5-13/h4-10H,3,11-12,18H2,1-2H3. The van der Waals surface area contributed by atoms with Crippen LogP contribution in [0, 0.1) is 0 Å². The predicted octanol–water partition coefficient (Wildman–Crippen LogP) is 3.13. The molecule has 2 N–H and O–H groups in total. The molecule has 2 aromatic carbocycles. The maximum absolute atomic E-state index is 5.84. The van der Waals surface area contributed by atoms with Gasteiger partial charge in [0.1, 0.15) is 12.4 Å². The van der Waals surface area contributed by atoms with Crippen molar-refractivity contribution < 1.29 is 14.2 Å². The van der Waals surface area contributed by atoms with Crippen molar-refractivity contribution in [1.29, 1.82) is 0 Å². The van der Waals surface area contributed by atoms with E-state index in [9.17, 15) is 0 Å². The van der Waals surface area contributed by atoms with Crippen molar-refractivity contribution >= 4 is 0 Å². The number of benzene rings is 2. The van der Waals surface area contributed by atoms with Gasteiger partial charge in [-0.15, -0.1) is 0 Å². The molecule has 112 valence electrons. The van der Waals surface area contributed by atoms with Crippen LogP contribution in [0.2, 0.25) is 0 Å². The van der Waals surface area contributed by atoms with Crippen LogP contribution in [0.15, 0.2) is 42.5 Å². The smallest absolute Gasteiger partial charge is 0.161 e. The topological polar surface area (TPSA) is 53.7 Å². The summed E-state index contributed by atoms with van der Waals surface area (Å²) in [5.74, 6) is 2.29. The predicted molar refractivity (Wildman–Crippen MR) is 82.8 cm³/mol. The van der Waals surface area contributed by atoms with Crippen LogP contribution in [0.5, 0.6) is 17.2 Å². The van der Waals surface area contributed by atoms with Gasteiger partial charge < -0.3 is 19.9 Å². The van der Waals surface area contributed by atoms with E-state index in [1.54, 1.807) is 7.11 Å². The van der Waals surface area contributed by atoms with Gasteiger partial charge in [-0.05, 0) is 42.3 Å². The molecule has 0 atom stereocenters. The van der Waals surface area contributed by atoms with Crippen molar-refractivity contribution in [3.8, 4) is 17.2 Å². The number of hydrogen-bond donors (Lipinski definition) is 1. The van der Waals surface area contributed by atoms with Gasteiger partial charge in [0.05, 0.1) is 13.7 Å². The average molecular weight is 287 g/mol. The molecular weight excluding hydrogens is 266 g/mol. The van der Waals surface area contributed by atoms with Crippen molar-refractivity contribution in [3.05, 3.63) is 53.6 Å². The van der Waals surface area contributed by atoms with Gasteiger partial charge in [-0.2, -0.15) is 0 Å². The van der Waals surface area contributed by atoms with Gasteiger partial charge >= 0.3 is 0 Å². The van der Waals surface area contributed by atoms with Crippen molar-refractivity contribution in [2.75, 3.05) is 13.7 Å². The van der Waals surface area contributed by atoms with Gasteiger partial charge in [0.25, 0.3) is 0 Å². The Labute approximate surface area is 125 Å². The van der Waals surface area contributed by atoms with Crippen LogP contribution < -0.4 is 19.9 Å². The lowest BCUT2D eigenvalue weighted by Gasteiger charge is -2.13. The molecule has 4 nitrogen and oxygen atoms in total. The molecule has 0 aliphatic heterocycles. The van der Waals surface area contributed by atoms with Gasteiger partial charge in [0, 0.05) is 6.54 Å². The van der Waals surface area contributed by atoms with Crippen LogP contribution in [0.3, 0.4) is 0 Å². The first-order valence-electron chi connectivity index (χ1n) is 6.98. The number of methoxy groups -OCH3 is 1. The third kappa shape index (κ3) is 4.13. The molecule has 2 rings (SSSR count). The van der Waals surface area contributed by atoms with Gasteiger partial charge in [0.15, 0.2) is 11.5 Å². The van der Waals surface area contributed by atoms with Crippen LogP contribution in [-0.2, 0) is 13.2 Å². The normalized spacial score (nSPS) is 10.2. The number of rotatable bonds is 7. The van der Waals surface area contributed by atoms with E-state index in [1.165, 1.54) is 0 Å². The van der Waals surface area contributed by atoms with Crippen molar-refractivity contribution in [3.63, 3.8) is 0 Å². The molecule has 0 amide bonds. The zero-order valence-electron chi connectivity index (χ0n) is 12.5. The molecule has 0 radical (unpaired) electrons. The van der Waals surface area contributed by atoms with Crippen LogP contribution in [0.25, 0.3) is 0 Å². The van der Waals surface area contributed by atoms with E-state index in [-0.39, 0.29) is 0 Å². The molecular formula is C17H21NO3. The average Bonchev–Trinajstić information content (AvgIpc) is 2.54. The van der Waals surface area contributed by atoms with Crippen LogP contribution in [0.4, 0.5) is 0 Å². The highest BCUT2D eigenvalue weighted by molar-refractivity contribution is 5.43. The van der Waals surface area contributed by atoms with Gasteiger partial charge in [-0.1, -0.05) is 18.2 Å². The van der Waals surface area contributed by atoms with E-state index in [2.05, 4.69) is 0 Å². The second kappa shape index (κ2) is 7.55. The van der Waals surface area contributed by atoms with Gasteiger partial charge in [-0.3, -0.25) is 0 Å². The summed E-state index contributed by atoms with van der Waals surface area (Å²) in [5, 5.41) is 0. The minimum Gasteiger partial charge on any atom is -0.497 e. The lowest BCUT2D eigenvalue weighted by molar-refractivity contribution is 0.269. The number of hydrogen-bond acceptors (Lipinski definition) is 4. The summed E-state index contributed by atoms with van der Waals surface area (Å²) >= 11 is 0. The number of nitrogens with two attached hydrogens (primary N) is 1. The molecule has 2 aromatic rings. The van der Waals surface area contributed by atoms with E-state index >= 15 is 0 Å². The van der Waals surface area contributed by atoms with Gasteiger partial charge in [-0.25, -0.2) is 0 Å². The largest absolute Gasteiger partial charge is 0.497 e. The summed E-state index contributed by atoms with van der Waals surface area (Å²) in [6.45, 7) is 3.50. The maximum Gasteiger partial charge on any atom is 0.161 e. The Hall–Kier alpha value is -2.20. The highest BCUT2D eigenvalue weighted by atomic mass is 16.5. The lowest BCUT2D eigenvalue weighted by Crippen LogP contribution is -2.02. The molecule has 0 unspecified atom stereocenters. The molecule has 0 aliphatic carbocycles. The van der Waals surface area contributed by atoms with E-state index in [1.807, 2.05) is 49.4 Å². The van der Waals surface area contributed by atoms with Crippen LogP contribution >= 0.6 is 0 Å². The van der Waals surface area contributed by atoms with E-state index in [0.717, 1.165) is 28.4 Å². The first kappa shape index (κ1) is 15.2. The number of ether oxygens (including phenoxy) is 3. The van der Waals surface area contributed by atoms with Crippen molar-refractivity contribution in [2.45, 2.75) is 20.1 Å². The third-order valence-corrected chi connectivity index (χ3v) is 3.10. The van der Waals surface area contributed by atoms with Gasteiger partial charge in [0.2, 0.25) is 0 Å². The summed E-state index contributed by atoms with van der Waals surface area (Å²) < 4.78 is 16.6. The quantitative estimate of drug-likeness (QED) is 0.850. The Morgan fingerprint density at radius 3 is 2.24 bits per heavy atom. The van der Waals surface area contributed by atoms with E-state index in [4.69, 9.17) is 19.9 Å². The van der Waals surface area contributed by atoms with E-state index < -0.39 is 0 Å². The molecule has 0 spiro atoms. The maximum atomic E-state index is 5.84. The molecule has 4 heteroatoms. The molecule has 0 aliphatic rings. The Balaban J connectivity index is 2.07. The zero-order chi connectivity index (χ0) is 15.1. The lowest BCUT2D eigenvalue weighted by atomic mass is 10.2. The highest BCUT2D eigenvalue weighted by Gasteiger charge is 2.06.